The zero-order valence-electron chi connectivity index (χ0n) is 12.1. The molecule has 3 heteroatoms. The van der Waals surface area contributed by atoms with E-state index < -0.39 is 0 Å². The van der Waals surface area contributed by atoms with Gasteiger partial charge < -0.3 is 5.73 Å². The minimum atomic E-state index is 0.344. The molecule has 1 aliphatic carbocycles. The molecule has 1 saturated carbocycles. The number of nitrogens with zero attached hydrogens (tertiary/aromatic N) is 2. The van der Waals surface area contributed by atoms with Crippen molar-refractivity contribution in [2.24, 2.45) is 11.1 Å². The van der Waals surface area contributed by atoms with E-state index in [1.165, 1.54) is 58.3 Å². The van der Waals surface area contributed by atoms with Crippen LogP contribution in [0.15, 0.2) is 0 Å². The molecule has 0 bridgehead atoms. The van der Waals surface area contributed by atoms with Gasteiger partial charge in [-0.2, -0.15) is 0 Å². The van der Waals surface area contributed by atoms with Gasteiger partial charge in [0, 0.05) is 31.2 Å². The van der Waals surface area contributed by atoms with E-state index >= 15 is 0 Å². The fourth-order valence-electron chi connectivity index (χ4n) is 4.27. The van der Waals surface area contributed by atoms with Gasteiger partial charge in [0.05, 0.1) is 0 Å². The van der Waals surface area contributed by atoms with Crippen LogP contribution in [0.3, 0.4) is 0 Å². The van der Waals surface area contributed by atoms with Crippen molar-refractivity contribution in [3.05, 3.63) is 0 Å². The molecule has 0 amide bonds. The van der Waals surface area contributed by atoms with Crippen LogP contribution < -0.4 is 5.73 Å². The van der Waals surface area contributed by atoms with Crippen molar-refractivity contribution in [2.45, 2.75) is 64.1 Å². The Kier molecular flexibility index (Phi) is 3.41. The van der Waals surface area contributed by atoms with Crippen molar-refractivity contribution < 1.29 is 0 Å². The molecule has 104 valence electrons. The van der Waals surface area contributed by atoms with E-state index in [4.69, 9.17) is 5.73 Å². The first-order valence-electron chi connectivity index (χ1n) is 7.81. The molecular weight excluding hydrogens is 222 g/mol. The Morgan fingerprint density at radius 2 is 1.72 bits per heavy atom. The first kappa shape index (κ1) is 12.9. The van der Waals surface area contributed by atoms with E-state index in [2.05, 4.69) is 23.6 Å². The van der Waals surface area contributed by atoms with Crippen molar-refractivity contribution in [3.63, 3.8) is 0 Å². The molecule has 3 unspecified atom stereocenters. The summed E-state index contributed by atoms with van der Waals surface area (Å²) < 4.78 is 0. The molecule has 0 spiro atoms. The maximum Gasteiger partial charge on any atom is 0.0253 e. The zero-order valence-corrected chi connectivity index (χ0v) is 12.1. The third kappa shape index (κ3) is 2.21. The lowest BCUT2D eigenvalue weighted by molar-refractivity contribution is 0.174. The largest absolute Gasteiger partial charge is 0.326 e. The maximum absolute atomic E-state index is 6.48. The van der Waals surface area contributed by atoms with Crippen LogP contribution in [0.2, 0.25) is 0 Å². The number of rotatable bonds is 2. The summed E-state index contributed by atoms with van der Waals surface area (Å²) in [6, 6.07) is 1.84. The highest BCUT2D eigenvalue weighted by atomic mass is 15.3. The molecule has 3 aliphatic rings. The Morgan fingerprint density at radius 1 is 1.00 bits per heavy atom. The predicted octanol–water partition coefficient (Wildman–Crippen LogP) is 1.67. The average Bonchev–Trinajstić information content (AvgIpc) is 3.01. The summed E-state index contributed by atoms with van der Waals surface area (Å²) >= 11 is 0. The van der Waals surface area contributed by atoms with Gasteiger partial charge in [-0.05, 0) is 50.6 Å². The standard InChI is InChI=1S/C15H29N3/c1-15(2)7-5-13(14(15)16)18-10-6-12(11-18)17-8-3-4-9-17/h12-14H,3-11,16H2,1-2H3. The molecule has 0 aromatic carbocycles. The topological polar surface area (TPSA) is 32.5 Å². The van der Waals surface area contributed by atoms with Gasteiger partial charge in [-0.3, -0.25) is 9.80 Å². The Morgan fingerprint density at radius 3 is 2.33 bits per heavy atom. The molecule has 2 saturated heterocycles. The third-order valence-corrected chi connectivity index (χ3v) is 5.72. The third-order valence-electron chi connectivity index (χ3n) is 5.72. The van der Waals surface area contributed by atoms with Crippen LogP contribution >= 0.6 is 0 Å². The molecule has 18 heavy (non-hydrogen) atoms. The summed E-state index contributed by atoms with van der Waals surface area (Å²) in [7, 11) is 0. The smallest absolute Gasteiger partial charge is 0.0253 e. The Bertz CT molecular complexity index is 296. The second kappa shape index (κ2) is 4.77. The van der Waals surface area contributed by atoms with Gasteiger partial charge in [-0.15, -0.1) is 0 Å². The average molecular weight is 251 g/mol. The highest BCUT2D eigenvalue weighted by Gasteiger charge is 2.44. The molecule has 0 aromatic rings. The van der Waals surface area contributed by atoms with Gasteiger partial charge in [0.15, 0.2) is 0 Å². The monoisotopic (exact) mass is 251 g/mol. The predicted molar refractivity (Wildman–Crippen MR) is 75.6 cm³/mol. The van der Waals surface area contributed by atoms with Crippen LogP contribution in [0.25, 0.3) is 0 Å². The highest BCUT2D eigenvalue weighted by Crippen LogP contribution is 2.39. The number of hydrogen-bond donors (Lipinski definition) is 1. The van der Waals surface area contributed by atoms with Crippen LogP contribution in [-0.2, 0) is 0 Å². The van der Waals surface area contributed by atoms with Crippen LogP contribution in [0, 0.1) is 5.41 Å². The molecule has 0 radical (unpaired) electrons. The molecule has 2 N–H and O–H groups in total. The summed E-state index contributed by atoms with van der Waals surface area (Å²) in [6.07, 6.45) is 6.78. The van der Waals surface area contributed by atoms with Gasteiger partial charge in [0.2, 0.25) is 0 Å². The summed E-state index contributed by atoms with van der Waals surface area (Å²) in [5.41, 5.74) is 6.82. The normalized spacial score (nSPS) is 41.8. The van der Waals surface area contributed by atoms with Gasteiger partial charge in [-0.25, -0.2) is 0 Å². The van der Waals surface area contributed by atoms with E-state index in [9.17, 15) is 0 Å². The fourth-order valence-corrected chi connectivity index (χ4v) is 4.27. The second-order valence-corrected chi connectivity index (χ2v) is 7.30. The highest BCUT2D eigenvalue weighted by molar-refractivity contribution is 5.01. The second-order valence-electron chi connectivity index (χ2n) is 7.30. The van der Waals surface area contributed by atoms with E-state index in [-0.39, 0.29) is 0 Å². The van der Waals surface area contributed by atoms with Crippen LogP contribution in [0.1, 0.15) is 46.0 Å². The molecule has 2 aliphatic heterocycles. The molecule has 3 atom stereocenters. The SMILES string of the molecule is CC1(C)CCC(N2CCC(N3CCCC3)C2)C1N. The number of nitrogens with two attached hydrogens (primary N) is 1. The Balaban J connectivity index is 1.59. The molecule has 3 fully saturated rings. The minimum Gasteiger partial charge on any atom is -0.326 e. The summed E-state index contributed by atoms with van der Waals surface area (Å²) in [5.74, 6) is 0. The Hall–Kier alpha value is -0.120. The maximum atomic E-state index is 6.48. The van der Waals surface area contributed by atoms with Gasteiger partial charge in [0.1, 0.15) is 0 Å². The molecule has 0 aromatic heterocycles. The lowest BCUT2D eigenvalue weighted by Crippen LogP contribution is -2.49. The first-order chi connectivity index (χ1) is 8.58. The minimum absolute atomic E-state index is 0.344. The quantitative estimate of drug-likeness (QED) is 0.810. The van der Waals surface area contributed by atoms with Crippen LogP contribution in [0.5, 0.6) is 0 Å². The van der Waals surface area contributed by atoms with Gasteiger partial charge in [-0.1, -0.05) is 13.8 Å². The van der Waals surface area contributed by atoms with E-state index in [1.807, 2.05) is 0 Å². The van der Waals surface area contributed by atoms with Crippen LogP contribution in [-0.4, -0.2) is 54.1 Å². The Labute approximate surface area is 112 Å². The van der Waals surface area contributed by atoms with E-state index in [0.29, 0.717) is 17.5 Å². The summed E-state index contributed by atoms with van der Waals surface area (Å²) in [6.45, 7) is 9.89. The van der Waals surface area contributed by atoms with Crippen molar-refractivity contribution in [3.8, 4) is 0 Å². The van der Waals surface area contributed by atoms with Crippen molar-refractivity contribution in [1.29, 1.82) is 0 Å². The van der Waals surface area contributed by atoms with Gasteiger partial charge >= 0.3 is 0 Å². The lowest BCUT2D eigenvalue weighted by Gasteiger charge is -2.33. The van der Waals surface area contributed by atoms with E-state index in [1.54, 1.807) is 0 Å². The molecule has 3 nitrogen and oxygen atoms in total. The van der Waals surface area contributed by atoms with Gasteiger partial charge in [0.25, 0.3) is 0 Å². The van der Waals surface area contributed by atoms with Crippen molar-refractivity contribution in [1.82, 2.24) is 9.80 Å². The molecule has 2 heterocycles. The summed E-state index contributed by atoms with van der Waals surface area (Å²) in [5, 5.41) is 0. The van der Waals surface area contributed by atoms with Crippen molar-refractivity contribution >= 4 is 0 Å². The number of hydrogen-bond acceptors (Lipinski definition) is 3. The first-order valence-corrected chi connectivity index (χ1v) is 7.81. The summed E-state index contributed by atoms with van der Waals surface area (Å²) in [4.78, 5) is 5.41. The van der Waals surface area contributed by atoms with E-state index in [0.717, 1.165) is 6.04 Å². The van der Waals surface area contributed by atoms with Crippen LogP contribution in [0.4, 0.5) is 0 Å². The molecular formula is C15H29N3. The molecule has 3 rings (SSSR count). The zero-order chi connectivity index (χ0) is 12.8. The lowest BCUT2D eigenvalue weighted by atomic mass is 9.87. The number of likely N-dealkylation sites (tertiary alicyclic amines) is 2. The fraction of sp³-hybridized carbons (Fsp3) is 1.00. The van der Waals surface area contributed by atoms with Crippen molar-refractivity contribution in [2.75, 3.05) is 26.2 Å².